The van der Waals surface area contributed by atoms with Gasteiger partial charge in [-0.3, -0.25) is 4.79 Å². The summed E-state index contributed by atoms with van der Waals surface area (Å²) in [7, 11) is 2.17. The molecule has 2 unspecified atom stereocenters. The number of nitrogens with zero attached hydrogens (tertiary/aromatic N) is 1. The molecular formula is C30H59NO6. The van der Waals surface area contributed by atoms with Gasteiger partial charge in [0.25, 0.3) is 0 Å². The van der Waals surface area contributed by atoms with Crippen molar-refractivity contribution in [1.82, 2.24) is 4.90 Å². The maximum atomic E-state index is 11.5. The van der Waals surface area contributed by atoms with Gasteiger partial charge in [0.05, 0.1) is 12.2 Å². The molecule has 0 aliphatic carbocycles. The van der Waals surface area contributed by atoms with E-state index >= 15 is 0 Å². The van der Waals surface area contributed by atoms with Gasteiger partial charge in [0.15, 0.2) is 6.10 Å². The summed E-state index contributed by atoms with van der Waals surface area (Å²) in [5, 5.41) is 18.2. The lowest BCUT2D eigenvalue weighted by atomic mass is 10.0. The number of hydrogen-bond donors (Lipinski definition) is 2. The SMILES string of the molecule is CCC(CC)OC(CCCCCCC(CCCCCCCC(=O)O)OCCCCN(C)C(C)C)C(=O)O. The van der Waals surface area contributed by atoms with Gasteiger partial charge in [-0.05, 0) is 78.8 Å². The Bertz CT molecular complexity index is 552. The quantitative estimate of drug-likeness (QED) is 0.108. The van der Waals surface area contributed by atoms with Gasteiger partial charge in [0.1, 0.15) is 0 Å². The maximum absolute atomic E-state index is 11.5. The minimum Gasteiger partial charge on any atom is -0.481 e. The van der Waals surface area contributed by atoms with Crippen LogP contribution in [0, 0.1) is 0 Å². The third-order valence-electron chi connectivity index (χ3n) is 7.34. The summed E-state index contributed by atoms with van der Waals surface area (Å²) in [6.07, 6.45) is 15.7. The highest BCUT2D eigenvalue weighted by Crippen LogP contribution is 2.18. The van der Waals surface area contributed by atoms with E-state index in [4.69, 9.17) is 14.6 Å². The molecule has 0 spiro atoms. The Morgan fingerprint density at radius 2 is 1.27 bits per heavy atom. The first-order valence-corrected chi connectivity index (χ1v) is 15.1. The Kier molecular flexibility index (Phi) is 23.1. The first kappa shape index (κ1) is 35.8. The van der Waals surface area contributed by atoms with E-state index in [0.29, 0.717) is 12.5 Å². The molecule has 0 saturated carbocycles. The van der Waals surface area contributed by atoms with Crippen molar-refractivity contribution in [3.05, 3.63) is 0 Å². The standard InChI is InChI=1S/C30H59NO6/c1-6-26(7-2)37-28(30(34)35)21-15-12-11-14-20-27(19-13-9-8-10-16-22-29(32)33)36-24-18-17-23-31(5)25(3)4/h25-28H,6-24H2,1-5H3,(H,32,33)(H,34,35). The first-order chi connectivity index (χ1) is 17.7. The lowest BCUT2D eigenvalue weighted by molar-refractivity contribution is -0.155. The lowest BCUT2D eigenvalue weighted by Crippen LogP contribution is -2.28. The molecule has 0 bridgehead atoms. The largest absolute Gasteiger partial charge is 0.481 e. The van der Waals surface area contributed by atoms with Crippen LogP contribution in [-0.2, 0) is 19.1 Å². The van der Waals surface area contributed by atoms with Crippen molar-refractivity contribution in [2.75, 3.05) is 20.2 Å². The normalized spacial score (nSPS) is 13.5. The summed E-state index contributed by atoms with van der Waals surface area (Å²) in [5.74, 6) is -1.55. The Morgan fingerprint density at radius 1 is 0.730 bits per heavy atom. The van der Waals surface area contributed by atoms with E-state index in [2.05, 4.69) is 25.8 Å². The van der Waals surface area contributed by atoms with Gasteiger partial charge in [-0.25, -0.2) is 4.79 Å². The first-order valence-electron chi connectivity index (χ1n) is 15.1. The number of aliphatic carboxylic acids is 2. The molecule has 220 valence electrons. The van der Waals surface area contributed by atoms with Crippen LogP contribution in [0.3, 0.4) is 0 Å². The van der Waals surface area contributed by atoms with Crippen LogP contribution in [0.2, 0.25) is 0 Å². The summed E-state index contributed by atoms with van der Waals surface area (Å²) in [5.41, 5.74) is 0. The molecule has 0 aromatic heterocycles. The fourth-order valence-corrected chi connectivity index (χ4v) is 4.48. The highest BCUT2D eigenvalue weighted by atomic mass is 16.5. The van der Waals surface area contributed by atoms with Crippen LogP contribution >= 0.6 is 0 Å². The Balaban J connectivity index is 4.29. The van der Waals surface area contributed by atoms with Crippen LogP contribution in [-0.4, -0.2) is 71.6 Å². The van der Waals surface area contributed by atoms with E-state index in [1.165, 1.54) is 0 Å². The second-order valence-electron chi connectivity index (χ2n) is 10.9. The Morgan fingerprint density at radius 3 is 1.78 bits per heavy atom. The Labute approximate surface area is 227 Å². The van der Waals surface area contributed by atoms with Crippen molar-refractivity contribution in [2.24, 2.45) is 0 Å². The number of carboxylic acids is 2. The monoisotopic (exact) mass is 529 g/mol. The van der Waals surface area contributed by atoms with Gasteiger partial charge >= 0.3 is 11.9 Å². The Hall–Kier alpha value is -1.18. The lowest BCUT2D eigenvalue weighted by Gasteiger charge is -2.22. The van der Waals surface area contributed by atoms with Crippen LogP contribution in [0.25, 0.3) is 0 Å². The van der Waals surface area contributed by atoms with Gasteiger partial charge in [0, 0.05) is 19.1 Å². The van der Waals surface area contributed by atoms with Crippen molar-refractivity contribution < 1.29 is 29.3 Å². The molecule has 0 aromatic carbocycles. The molecule has 7 heteroatoms. The van der Waals surface area contributed by atoms with E-state index < -0.39 is 18.0 Å². The summed E-state index contributed by atoms with van der Waals surface area (Å²) in [6.45, 7) is 10.4. The minimum atomic E-state index is -0.845. The topological polar surface area (TPSA) is 96.3 Å². The fourth-order valence-electron chi connectivity index (χ4n) is 4.48. The van der Waals surface area contributed by atoms with Gasteiger partial charge in [-0.2, -0.15) is 0 Å². The van der Waals surface area contributed by atoms with Crippen LogP contribution in [0.5, 0.6) is 0 Å². The number of unbranched alkanes of at least 4 members (excludes halogenated alkanes) is 8. The molecule has 0 aromatic rings. The van der Waals surface area contributed by atoms with Crippen molar-refractivity contribution in [3.63, 3.8) is 0 Å². The molecule has 7 nitrogen and oxygen atoms in total. The molecule has 2 atom stereocenters. The van der Waals surface area contributed by atoms with Gasteiger partial charge in [0.2, 0.25) is 0 Å². The second-order valence-corrected chi connectivity index (χ2v) is 10.9. The summed E-state index contributed by atoms with van der Waals surface area (Å²) < 4.78 is 12.1. The molecule has 2 N–H and O–H groups in total. The van der Waals surface area contributed by atoms with Crippen molar-refractivity contribution in [2.45, 2.75) is 161 Å². The zero-order valence-corrected chi connectivity index (χ0v) is 24.7. The molecule has 0 amide bonds. The average molecular weight is 530 g/mol. The van der Waals surface area contributed by atoms with E-state index in [1.807, 2.05) is 13.8 Å². The molecular weight excluding hydrogens is 470 g/mol. The van der Waals surface area contributed by atoms with E-state index in [-0.39, 0.29) is 18.6 Å². The predicted molar refractivity (Wildman–Crippen MR) is 151 cm³/mol. The summed E-state index contributed by atoms with van der Waals surface area (Å²) in [6, 6.07) is 0.571. The van der Waals surface area contributed by atoms with Crippen LogP contribution in [0.15, 0.2) is 0 Å². The summed E-state index contributed by atoms with van der Waals surface area (Å²) >= 11 is 0. The molecule has 0 heterocycles. The van der Waals surface area contributed by atoms with E-state index in [1.54, 1.807) is 0 Å². The second kappa shape index (κ2) is 23.9. The predicted octanol–water partition coefficient (Wildman–Crippen LogP) is 7.31. The molecule has 0 rings (SSSR count). The summed E-state index contributed by atoms with van der Waals surface area (Å²) in [4.78, 5) is 24.5. The fraction of sp³-hybridized carbons (Fsp3) is 0.933. The third kappa shape index (κ3) is 21.4. The molecule has 0 aliphatic rings. The highest BCUT2D eigenvalue weighted by Gasteiger charge is 2.21. The van der Waals surface area contributed by atoms with E-state index in [0.717, 1.165) is 109 Å². The third-order valence-corrected chi connectivity index (χ3v) is 7.34. The molecule has 37 heavy (non-hydrogen) atoms. The van der Waals surface area contributed by atoms with E-state index in [9.17, 15) is 14.7 Å². The maximum Gasteiger partial charge on any atom is 0.332 e. The number of carbonyl (C=O) groups is 2. The minimum absolute atomic E-state index is 0.0296. The highest BCUT2D eigenvalue weighted by molar-refractivity contribution is 5.72. The van der Waals surface area contributed by atoms with Crippen LogP contribution < -0.4 is 0 Å². The van der Waals surface area contributed by atoms with Gasteiger partial charge in [-0.1, -0.05) is 65.2 Å². The molecule has 0 radical (unpaired) electrons. The number of rotatable bonds is 27. The van der Waals surface area contributed by atoms with Crippen LogP contribution in [0.1, 0.15) is 137 Å². The average Bonchev–Trinajstić information content (AvgIpc) is 2.85. The zero-order valence-electron chi connectivity index (χ0n) is 24.7. The van der Waals surface area contributed by atoms with Gasteiger partial charge < -0.3 is 24.6 Å². The van der Waals surface area contributed by atoms with Crippen molar-refractivity contribution in [1.29, 1.82) is 0 Å². The zero-order chi connectivity index (χ0) is 27.9. The number of ether oxygens (including phenoxy) is 2. The van der Waals surface area contributed by atoms with Crippen molar-refractivity contribution >= 4 is 11.9 Å². The van der Waals surface area contributed by atoms with Crippen LogP contribution in [0.4, 0.5) is 0 Å². The number of carboxylic acid groups (broad SMARTS) is 2. The van der Waals surface area contributed by atoms with Crippen molar-refractivity contribution in [3.8, 4) is 0 Å². The molecule has 0 aliphatic heterocycles. The smallest absolute Gasteiger partial charge is 0.332 e. The molecule has 0 saturated heterocycles. The molecule has 0 fully saturated rings. The van der Waals surface area contributed by atoms with Gasteiger partial charge in [-0.15, -0.1) is 0 Å². The number of hydrogen-bond acceptors (Lipinski definition) is 5.